The molecule has 1 saturated carbocycles. The molecule has 214 valence electrons. The van der Waals surface area contributed by atoms with E-state index in [0.29, 0.717) is 36.5 Å². The standard InChI is InChI=1S/C32H31N5O5/c1-2-25(38)29(21-8-9-21)35-31(40)27-12-11-26(42-27)22-7-5-6-20(16-22)17-33-30(39)24-19-37-18-23(10-13-28(37)34-24)32(41)36-14-3-4-15-36/h3-7,10-13,16,18-19,21,29H,2,8-9,14-15,17H2,1H3,(H,33,39)(H,35,40)/t29-/m0/s1. The molecule has 1 aromatic carbocycles. The van der Waals surface area contributed by atoms with Crippen molar-refractivity contribution in [1.29, 1.82) is 0 Å². The molecule has 4 heterocycles. The summed E-state index contributed by atoms with van der Waals surface area (Å²) < 4.78 is 7.52. The zero-order chi connectivity index (χ0) is 29.2. The predicted octanol–water partition coefficient (Wildman–Crippen LogP) is 4.02. The highest BCUT2D eigenvalue weighted by molar-refractivity contribution is 5.97. The molecule has 6 rings (SSSR count). The van der Waals surface area contributed by atoms with Gasteiger partial charge in [0, 0.05) is 44.0 Å². The van der Waals surface area contributed by atoms with Crippen LogP contribution in [0.5, 0.6) is 0 Å². The van der Waals surface area contributed by atoms with E-state index in [4.69, 9.17) is 4.42 Å². The Balaban J connectivity index is 1.09. The van der Waals surface area contributed by atoms with E-state index >= 15 is 0 Å². The second kappa shape index (κ2) is 11.5. The molecule has 0 saturated heterocycles. The van der Waals surface area contributed by atoms with E-state index in [1.165, 1.54) is 0 Å². The van der Waals surface area contributed by atoms with E-state index in [0.717, 1.165) is 24.0 Å². The number of nitrogens with one attached hydrogen (secondary N) is 2. The van der Waals surface area contributed by atoms with Crippen molar-refractivity contribution in [2.45, 2.75) is 38.8 Å². The molecule has 1 fully saturated rings. The van der Waals surface area contributed by atoms with E-state index in [2.05, 4.69) is 15.6 Å². The van der Waals surface area contributed by atoms with Gasteiger partial charge in [-0.05, 0) is 54.7 Å². The molecule has 42 heavy (non-hydrogen) atoms. The van der Waals surface area contributed by atoms with Crippen molar-refractivity contribution in [1.82, 2.24) is 24.9 Å². The van der Waals surface area contributed by atoms with Gasteiger partial charge in [-0.1, -0.05) is 37.3 Å². The third-order valence-corrected chi connectivity index (χ3v) is 7.61. The average Bonchev–Trinajstić information content (AvgIpc) is 3.39. The Hall–Kier alpha value is -4.99. The predicted molar refractivity (Wildman–Crippen MR) is 155 cm³/mol. The van der Waals surface area contributed by atoms with Gasteiger partial charge >= 0.3 is 0 Å². The number of furan rings is 1. The highest BCUT2D eigenvalue weighted by atomic mass is 16.4. The minimum absolute atomic E-state index is 0.0335. The van der Waals surface area contributed by atoms with E-state index in [9.17, 15) is 19.2 Å². The van der Waals surface area contributed by atoms with Gasteiger partial charge in [-0.2, -0.15) is 0 Å². The molecule has 3 amide bonds. The maximum absolute atomic E-state index is 12.9. The van der Waals surface area contributed by atoms with Crippen LogP contribution in [0.2, 0.25) is 0 Å². The smallest absolute Gasteiger partial charge is 0.287 e. The fraction of sp³-hybridized carbons (Fsp3) is 0.281. The summed E-state index contributed by atoms with van der Waals surface area (Å²) in [4.78, 5) is 56.8. The Labute approximate surface area is 242 Å². The van der Waals surface area contributed by atoms with Crippen molar-refractivity contribution in [3.05, 3.63) is 95.7 Å². The minimum atomic E-state index is -0.465. The molecule has 0 radical (unpaired) electrons. The molecule has 1 aliphatic carbocycles. The Morgan fingerprint density at radius 3 is 2.57 bits per heavy atom. The van der Waals surface area contributed by atoms with Gasteiger partial charge in [0.1, 0.15) is 17.1 Å². The van der Waals surface area contributed by atoms with E-state index in [1.807, 2.05) is 36.4 Å². The maximum atomic E-state index is 12.9. The summed E-state index contributed by atoms with van der Waals surface area (Å²) >= 11 is 0. The lowest BCUT2D eigenvalue weighted by atomic mass is 10.1. The molecule has 1 aliphatic heterocycles. The van der Waals surface area contributed by atoms with Crippen LogP contribution in [-0.4, -0.2) is 56.9 Å². The normalized spacial score (nSPS) is 15.1. The molecule has 0 bridgehead atoms. The second-order valence-corrected chi connectivity index (χ2v) is 10.6. The molecular weight excluding hydrogens is 534 g/mol. The van der Waals surface area contributed by atoms with Crippen LogP contribution in [0.1, 0.15) is 63.2 Å². The fourth-order valence-corrected chi connectivity index (χ4v) is 5.10. The molecule has 10 heteroatoms. The largest absolute Gasteiger partial charge is 0.451 e. The van der Waals surface area contributed by atoms with Crippen LogP contribution in [0.15, 0.2) is 77.5 Å². The molecular formula is C32H31N5O5. The number of benzene rings is 1. The monoisotopic (exact) mass is 565 g/mol. The Kier molecular flexibility index (Phi) is 7.43. The summed E-state index contributed by atoms with van der Waals surface area (Å²) in [6, 6.07) is 13.8. The maximum Gasteiger partial charge on any atom is 0.287 e. The van der Waals surface area contributed by atoms with Gasteiger partial charge < -0.3 is 24.4 Å². The minimum Gasteiger partial charge on any atom is -0.451 e. The van der Waals surface area contributed by atoms with Crippen LogP contribution in [0.25, 0.3) is 17.0 Å². The number of carbonyl (C=O) groups is 4. The number of amides is 3. The number of pyridine rings is 1. The number of ketones is 1. The molecule has 10 nitrogen and oxygen atoms in total. The zero-order valence-electron chi connectivity index (χ0n) is 23.2. The van der Waals surface area contributed by atoms with Crippen LogP contribution < -0.4 is 10.6 Å². The van der Waals surface area contributed by atoms with Crippen molar-refractivity contribution in [3.63, 3.8) is 0 Å². The number of hydrogen-bond donors (Lipinski definition) is 2. The van der Waals surface area contributed by atoms with Crippen molar-refractivity contribution < 1.29 is 23.6 Å². The summed E-state index contributed by atoms with van der Waals surface area (Å²) in [7, 11) is 0. The quantitative estimate of drug-likeness (QED) is 0.280. The van der Waals surface area contributed by atoms with Crippen LogP contribution in [-0.2, 0) is 11.3 Å². The van der Waals surface area contributed by atoms with Crippen molar-refractivity contribution in [2.24, 2.45) is 5.92 Å². The number of hydrogen-bond acceptors (Lipinski definition) is 6. The number of Topliss-reactive ketones (excluding diaryl/α,β-unsaturated/α-hetero) is 1. The molecule has 3 aromatic heterocycles. The Bertz CT molecular complexity index is 1700. The number of carbonyl (C=O) groups excluding carboxylic acids is 4. The summed E-state index contributed by atoms with van der Waals surface area (Å²) in [5.74, 6) is 0.0824. The number of imidazole rings is 1. The van der Waals surface area contributed by atoms with Gasteiger partial charge in [-0.3, -0.25) is 19.2 Å². The van der Waals surface area contributed by atoms with Gasteiger partial charge in [0.05, 0.1) is 11.6 Å². The first-order chi connectivity index (χ1) is 20.4. The fourth-order valence-electron chi connectivity index (χ4n) is 5.10. The zero-order valence-corrected chi connectivity index (χ0v) is 23.2. The highest BCUT2D eigenvalue weighted by Crippen LogP contribution is 2.34. The molecule has 2 aliphatic rings. The van der Waals surface area contributed by atoms with Crippen molar-refractivity contribution in [2.75, 3.05) is 13.1 Å². The average molecular weight is 566 g/mol. The second-order valence-electron chi connectivity index (χ2n) is 10.6. The molecule has 1 atom stereocenters. The third kappa shape index (κ3) is 5.74. The van der Waals surface area contributed by atoms with Crippen molar-refractivity contribution >= 4 is 29.2 Å². The summed E-state index contributed by atoms with van der Waals surface area (Å²) in [6.07, 6.45) is 9.48. The van der Waals surface area contributed by atoms with Gasteiger partial charge in [0.2, 0.25) is 0 Å². The van der Waals surface area contributed by atoms with Crippen LogP contribution >= 0.6 is 0 Å². The lowest BCUT2D eigenvalue weighted by Gasteiger charge is -2.15. The molecule has 4 aromatic rings. The van der Waals surface area contributed by atoms with E-state index < -0.39 is 11.9 Å². The number of rotatable bonds is 10. The van der Waals surface area contributed by atoms with Gasteiger partial charge in [-0.25, -0.2) is 4.98 Å². The number of nitrogens with zero attached hydrogens (tertiary/aromatic N) is 3. The van der Waals surface area contributed by atoms with Gasteiger partial charge in [0.25, 0.3) is 17.7 Å². The first kappa shape index (κ1) is 27.2. The topological polar surface area (TPSA) is 126 Å². The first-order valence-electron chi connectivity index (χ1n) is 14.1. The van der Waals surface area contributed by atoms with E-state index in [-0.39, 0.29) is 41.5 Å². The van der Waals surface area contributed by atoms with Gasteiger partial charge in [0.15, 0.2) is 11.5 Å². The molecule has 0 spiro atoms. The molecule has 0 unspecified atom stereocenters. The SMILES string of the molecule is CCC(=O)[C@@H](NC(=O)c1ccc(-c2cccc(CNC(=O)c3cn4cc(C(=O)N5CC=CC5)ccc4n3)c2)o1)C1CC1. The van der Waals surface area contributed by atoms with E-state index in [1.54, 1.807) is 52.9 Å². The third-order valence-electron chi connectivity index (χ3n) is 7.61. The lowest BCUT2D eigenvalue weighted by molar-refractivity contribution is -0.121. The number of aromatic nitrogens is 2. The van der Waals surface area contributed by atoms with Crippen LogP contribution in [0.3, 0.4) is 0 Å². The summed E-state index contributed by atoms with van der Waals surface area (Å²) in [6.45, 7) is 3.24. The summed E-state index contributed by atoms with van der Waals surface area (Å²) in [5.41, 5.74) is 2.93. The summed E-state index contributed by atoms with van der Waals surface area (Å²) in [5, 5.41) is 5.73. The Morgan fingerprint density at radius 1 is 1.00 bits per heavy atom. The Morgan fingerprint density at radius 2 is 1.81 bits per heavy atom. The lowest BCUT2D eigenvalue weighted by Crippen LogP contribution is -2.42. The van der Waals surface area contributed by atoms with Crippen LogP contribution in [0.4, 0.5) is 0 Å². The van der Waals surface area contributed by atoms with Crippen molar-refractivity contribution in [3.8, 4) is 11.3 Å². The van der Waals surface area contributed by atoms with Crippen LogP contribution in [0, 0.1) is 5.92 Å². The first-order valence-corrected chi connectivity index (χ1v) is 14.1. The molecule has 2 N–H and O–H groups in total. The number of fused-ring (bicyclic) bond motifs is 1. The highest BCUT2D eigenvalue weighted by Gasteiger charge is 2.36. The van der Waals surface area contributed by atoms with Gasteiger partial charge in [-0.15, -0.1) is 0 Å².